The van der Waals surface area contributed by atoms with Gasteiger partial charge in [-0.25, -0.2) is 0 Å². The van der Waals surface area contributed by atoms with E-state index in [-0.39, 0.29) is 27.3 Å². The quantitative estimate of drug-likeness (QED) is 0.0799. The first-order chi connectivity index (χ1) is 29.5. The average Bonchev–Trinajstić information content (AvgIpc) is 3.82. The fourth-order valence-corrected chi connectivity index (χ4v) is 17.2. The van der Waals surface area contributed by atoms with Gasteiger partial charge in [-0.05, 0) is 93.0 Å². The summed E-state index contributed by atoms with van der Waals surface area (Å²) in [6.07, 6.45) is 9.70. The minimum absolute atomic E-state index is 0.0850. The van der Waals surface area contributed by atoms with Crippen molar-refractivity contribution in [2.75, 3.05) is 6.61 Å². The van der Waals surface area contributed by atoms with Crippen LogP contribution >= 0.6 is 17.0 Å². The van der Waals surface area contributed by atoms with E-state index in [1.165, 1.54) is 99.9 Å². The third-order valence-electron chi connectivity index (χ3n) is 16.1. The van der Waals surface area contributed by atoms with Gasteiger partial charge in [-0.2, -0.15) is 0 Å². The SMILES string of the molecule is Cc1ccc2c(c1)c1c(c3ccccc3[c-]1[Si](C)(CCCCCCOC(C)(C)C)[c-]1c3cc4c(cc3c3cc5c(cc31)C(C)(C)CCC5(C)C)C(C)(C)CCC4(C)C)n2C.[Cl][Zr+2][Cl]. The van der Waals surface area contributed by atoms with Crippen LogP contribution in [0.25, 0.3) is 54.1 Å². The van der Waals surface area contributed by atoms with E-state index in [9.17, 15) is 0 Å². The first-order valence-corrected chi connectivity index (χ1v) is 32.9. The van der Waals surface area contributed by atoms with Crippen LogP contribution < -0.4 is 10.4 Å². The number of fused-ring (bicyclic) bond motifs is 10. The summed E-state index contributed by atoms with van der Waals surface area (Å²) >= 11 is -0.826. The van der Waals surface area contributed by atoms with E-state index in [2.05, 4.69) is 168 Å². The summed E-state index contributed by atoms with van der Waals surface area (Å²) in [6.45, 7) is 32.6. The van der Waals surface area contributed by atoms with Crippen molar-refractivity contribution in [2.24, 2.45) is 7.05 Å². The maximum atomic E-state index is 6.20. The molecule has 1 atom stereocenters. The summed E-state index contributed by atoms with van der Waals surface area (Å²) in [6, 6.07) is 28.8. The Bertz CT molecular complexity index is 2770. The Labute approximate surface area is 399 Å². The van der Waals surface area contributed by atoms with Gasteiger partial charge in [-0.3, -0.25) is 0 Å². The number of ether oxygens (including phenoxy) is 1. The molecule has 2 nitrogen and oxygen atoms in total. The molecule has 1 aromatic heterocycles. The number of hydrogen-bond acceptors (Lipinski definition) is 1. The molecule has 0 aliphatic heterocycles. The standard InChI is InChI=1S/C57H73NOSi.2ClH.Zr/c1-36-23-24-48-43(31-36)49-50(58(48)13)37-21-17-18-22-38(37)52(49)60(14,30-20-16-15-19-29-59-53(2,3)4)51-41-34-46-44(54(5,6)25-27-56(46,9)10)32-39(41)40-33-45-47(35-42(40)51)57(11,12)28-26-55(45,7)8;;;/h17-18,21-24,31-35H,15-16,19-20,25-30H2,1-14H3;2*1H;/q-2;;;+4/p-2. The number of nitrogens with zero attached hydrogens (tertiary/aromatic N) is 1. The van der Waals surface area contributed by atoms with E-state index in [0.717, 1.165) is 13.0 Å². The van der Waals surface area contributed by atoms with Crippen molar-refractivity contribution >= 4 is 89.6 Å². The molecule has 0 bridgehead atoms. The number of halogens is 2. The monoisotopic (exact) mass is 975 g/mol. The number of benzene rings is 4. The van der Waals surface area contributed by atoms with Gasteiger partial charge in [0.2, 0.25) is 0 Å². The second kappa shape index (κ2) is 16.8. The molecule has 6 heteroatoms. The van der Waals surface area contributed by atoms with Gasteiger partial charge >= 0.3 is 37.9 Å². The van der Waals surface area contributed by atoms with Gasteiger partial charge < -0.3 is 9.30 Å². The molecule has 9 rings (SSSR count). The van der Waals surface area contributed by atoms with E-state index < -0.39 is 28.9 Å². The van der Waals surface area contributed by atoms with Crippen molar-refractivity contribution in [1.82, 2.24) is 4.57 Å². The molecular formula is C57H73Cl2NOSiZr. The fourth-order valence-electron chi connectivity index (χ4n) is 12.3. The molecule has 2 aliphatic rings. The number of rotatable bonds is 9. The molecule has 0 N–H and O–H groups in total. The molecule has 63 heavy (non-hydrogen) atoms. The van der Waals surface area contributed by atoms with E-state index >= 15 is 0 Å². The Morgan fingerprint density at radius 1 is 0.635 bits per heavy atom. The van der Waals surface area contributed by atoms with Crippen LogP contribution in [0, 0.1) is 6.92 Å². The van der Waals surface area contributed by atoms with E-state index in [0.29, 0.717) is 0 Å². The van der Waals surface area contributed by atoms with Crippen molar-refractivity contribution in [3.63, 3.8) is 0 Å². The molecule has 6 aromatic carbocycles. The summed E-state index contributed by atoms with van der Waals surface area (Å²) in [5, 5.41) is 15.3. The van der Waals surface area contributed by atoms with Crippen LogP contribution in [0.4, 0.5) is 0 Å². The van der Waals surface area contributed by atoms with Gasteiger partial charge in [0.15, 0.2) is 0 Å². The summed E-state index contributed by atoms with van der Waals surface area (Å²) in [4.78, 5) is 0. The zero-order valence-corrected chi connectivity index (χ0v) is 46.0. The molecule has 334 valence electrons. The first kappa shape index (κ1) is 47.3. The van der Waals surface area contributed by atoms with Crippen molar-refractivity contribution in [3.8, 4) is 0 Å². The fraction of sp³-hybridized carbons (Fsp3) is 0.509. The Morgan fingerprint density at radius 2 is 1.13 bits per heavy atom. The Balaban J connectivity index is 0.00000177. The van der Waals surface area contributed by atoms with Crippen molar-refractivity contribution in [3.05, 3.63) is 94.5 Å². The van der Waals surface area contributed by atoms with E-state index in [4.69, 9.17) is 21.8 Å². The third kappa shape index (κ3) is 8.23. The number of aryl methyl sites for hydroxylation is 2. The Kier molecular flexibility index (Phi) is 12.6. The van der Waals surface area contributed by atoms with Crippen LogP contribution in [0.15, 0.2) is 66.7 Å². The molecule has 0 spiro atoms. The summed E-state index contributed by atoms with van der Waals surface area (Å²) < 4.78 is 8.72. The number of unbranched alkanes of at least 4 members (excludes halogenated alkanes) is 3. The van der Waals surface area contributed by atoms with Gasteiger partial charge in [0.25, 0.3) is 0 Å². The molecule has 7 aromatic rings. The van der Waals surface area contributed by atoms with Crippen molar-refractivity contribution in [1.29, 1.82) is 0 Å². The first-order valence-electron chi connectivity index (χ1n) is 23.9. The Hall–Kier alpha value is -2.20. The summed E-state index contributed by atoms with van der Waals surface area (Å²) in [5.74, 6) is 0. The van der Waals surface area contributed by atoms with Crippen LogP contribution in [-0.2, 0) is 54.3 Å². The number of aromatic nitrogens is 1. The molecule has 2 aliphatic carbocycles. The predicted molar refractivity (Wildman–Crippen MR) is 277 cm³/mol. The topological polar surface area (TPSA) is 14.2 Å². The van der Waals surface area contributed by atoms with Crippen LogP contribution in [0.1, 0.15) is 155 Å². The van der Waals surface area contributed by atoms with Crippen molar-refractivity contribution in [2.45, 2.75) is 174 Å². The van der Waals surface area contributed by atoms with Crippen LogP contribution in [0.5, 0.6) is 0 Å². The molecule has 0 amide bonds. The van der Waals surface area contributed by atoms with Crippen molar-refractivity contribution < 1.29 is 25.6 Å². The predicted octanol–water partition coefficient (Wildman–Crippen LogP) is 16.2. The van der Waals surface area contributed by atoms with Gasteiger partial charge in [-0.1, -0.05) is 174 Å². The molecule has 0 radical (unpaired) electrons. The zero-order valence-electron chi connectivity index (χ0n) is 41.0. The van der Waals surface area contributed by atoms with Crippen LogP contribution in [0.3, 0.4) is 0 Å². The van der Waals surface area contributed by atoms with Gasteiger partial charge in [0, 0.05) is 27.2 Å². The van der Waals surface area contributed by atoms with E-state index in [1.807, 2.05) is 0 Å². The molecular weight excluding hydrogens is 905 g/mol. The maximum absolute atomic E-state index is 6.20. The van der Waals surface area contributed by atoms with Gasteiger partial charge in [-0.15, -0.1) is 55.5 Å². The third-order valence-corrected chi connectivity index (χ3v) is 20.7. The summed E-state index contributed by atoms with van der Waals surface area (Å²) in [5.41, 5.74) is 10.9. The van der Waals surface area contributed by atoms with Crippen LogP contribution in [-0.4, -0.2) is 24.8 Å². The molecule has 0 fully saturated rings. The zero-order chi connectivity index (χ0) is 45.7. The average molecular weight is 978 g/mol. The molecule has 0 saturated heterocycles. The van der Waals surface area contributed by atoms with Gasteiger partial charge in [0.05, 0.1) is 5.60 Å². The molecule has 1 unspecified atom stereocenters. The molecule has 1 heterocycles. The number of hydrogen-bond donors (Lipinski definition) is 0. The van der Waals surface area contributed by atoms with Crippen LogP contribution in [0.2, 0.25) is 12.6 Å². The molecule has 0 saturated carbocycles. The second-order valence-corrected chi connectivity index (χ2v) is 31.4. The minimum atomic E-state index is -2.57. The van der Waals surface area contributed by atoms with Gasteiger partial charge in [0.1, 0.15) is 0 Å². The Morgan fingerprint density at radius 3 is 1.65 bits per heavy atom. The second-order valence-electron chi connectivity index (χ2n) is 23.5. The normalized spacial score (nSPS) is 18.6. The summed E-state index contributed by atoms with van der Waals surface area (Å²) in [7, 11) is 9.61. The van der Waals surface area contributed by atoms with E-state index in [1.54, 1.807) is 43.4 Å².